The summed E-state index contributed by atoms with van der Waals surface area (Å²) in [6, 6.07) is 27.0. The number of rotatable bonds is 7. The van der Waals surface area contributed by atoms with Crippen molar-refractivity contribution >= 4 is 23.1 Å². The number of anilines is 3. The van der Waals surface area contributed by atoms with Gasteiger partial charge in [-0.3, -0.25) is 15.0 Å². The molecule has 0 spiro atoms. The highest BCUT2D eigenvalue weighted by Gasteiger charge is 2.34. The van der Waals surface area contributed by atoms with Gasteiger partial charge in [-0.05, 0) is 23.3 Å². The number of benzene rings is 2. The average molecular weight is 537 g/mol. The highest BCUT2D eigenvalue weighted by atomic mass is 16.6. The zero-order valence-corrected chi connectivity index (χ0v) is 22.3. The normalized spacial score (nSPS) is 16.4. The molecule has 0 bridgehead atoms. The molecule has 4 heterocycles. The van der Waals surface area contributed by atoms with Crippen molar-refractivity contribution in [2.24, 2.45) is 0 Å². The van der Waals surface area contributed by atoms with Crippen LogP contribution in [-0.4, -0.2) is 77.1 Å². The predicted molar refractivity (Wildman–Crippen MR) is 156 cm³/mol. The van der Waals surface area contributed by atoms with Crippen molar-refractivity contribution in [3.63, 3.8) is 0 Å². The van der Waals surface area contributed by atoms with Gasteiger partial charge in [-0.1, -0.05) is 66.7 Å². The summed E-state index contributed by atoms with van der Waals surface area (Å²) >= 11 is 0. The molecule has 0 saturated carbocycles. The molecule has 2 aromatic carbocycles. The van der Waals surface area contributed by atoms with Crippen molar-refractivity contribution in [2.45, 2.75) is 6.04 Å². The minimum atomic E-state index is -0.321. The molecule has 0 aliphatic carbocycles. The first-order valence-electron chi connectivity index (χ1n) is 13.7. The summed E-state index contributed by atoms with van der Waals surface area (Å²) in [5.74, 6) is 1.71. The van der Waals surface area contributed by atoms with Crippen LogP contribution in [0.4, 0.5) is 23.1 Å². The molecule has 10 nitrogen and oxygen atoms in total. The molecule has 2 fully saturated rings. The lowest BCUT2D eigenvalue weighted by atomic mass is 9.96. The Bertz CT molecular complexity index is 1370. The molecule has 0 N–H and O–H groups in total. The zero-order valence-electron chi connectivity index (χ0n) is 22.3. The molecule has 2 aliphatic heterocycles. The van der Waals surface area contributed by atoms with Crippen molar-refractivity contribution in [2.75, 3.05) is 67.1 Å². The minimum absolute atomic E-state index is 0.00935. The first-order valence-corrected chi connectivity index (χ1v) is 13.7. The molecule has 4 aromatic rings. The third-order valence-electron chi connectivity index (χ3n) is 7.73. The van der Waals surface area contributed by atoms with Gasteiger partial charge in [-0.25, -0.2) is 15.0 Å². The molecule has 0 unspecified atom stereocenters. The van der Waals surface area contributed by atoms with Crippen LogP contribution >= 0.6 is 0 Å². The smallest absolute Gasteiger partial charge is 0.353 e. The van der Waals surface area contributed by atoms with Gasteiger partial charge >= 0.3 is 5.69 Å². The van der Waals surface area contributed by atoms with Crippen LogP contribution in [0.5, 0.6) is 0 Å². The molecular weight excluding hydrogens is 504 g/mol. The second kappa shape index (κ2) is 11.7. The summed E-state index contributed by atoms with van der Waals surface area (Å²) in [6.45, 7) is 5.47. The van der Waals surface area contributed by atoms with Crippen LogP contribution in [0.2, 0.25) is 0 Å². The summed E-state index contributed by atoms with van der Waals surface area (Å²) in [5, 5.41) is 12.4. The Balaban J connectivity index is 1.20. The van der Waals surface area contributed by atoms with Crippen LogP contribution in [0.3, 0.4) is 0 Å². The van der Waals surface area contributed by atoms with Crippen LogP contribution in [0, 0.1) is 10.1 Å². The monoisotopic (exact) mass is 536 g/mol. The molecule has 2 aliphatic rings. The molecule has 2 saturated heterocycles. The fourth-order valence-electron chi connectivity index (χ4n) is 5.75. The van der Waals surface area contributed by atoms with Crippen LogP contribution in [0.25, 0.3) is 0 Å². The van der Waals surface area contributed by atoms with E-state index in [1.807, 2.05) is 40.1 Å². The van der Waals surface area contributed by atoms with Crippen LogP contribution in [0.15, 0.2) is 91.4 Å². The Kier molecular flexibility index (Phi) is 7.49. The van der Waals surface area contributed by atoms with E-state index in [2.05, 4.69) is 73.3 Å². The molecule has 204 valence electrons. The maximum Gasteiger partial charge on any atom is 0.353 e. The Morgan fingerprint density at radius 2 is 1.12 bits per heavy atom. The van der Waals surface area contributed by atoms with E-state index in [1.165, 1.54) is 17.5 Å². The van der Waals surface area contributed by atoms with Crippen LogP contribution in [-0.2, 0) is 0 Å². The van der Waals surface area contributed by atoms with Crippen molar-refractivity contribution in [1.29, 1.82) is 0 Å². The number of aromatic nitrogens is 3. The van der Waals surface area contributed by atoms with E-state index >= 15 is 0 Å². The van der Waals surface area contributed by atoms with E-state index in [0.717, 1.165) is 18.9 Å². The topological polar surface area (TPSA) is 94.8 Å². The molecule has 2 aromatic heterocycles. The van der Waals surface area contributed by atoms with Crippen molar-refractivity contribution in [3.05, 3.63) is 113 Å². The number of piperazine rings is 2. The molecule has 40 heavy (non-hydrogen) atoms. The lowest BCUT2D eigenvalue weighted by Crippen LogP contribution is -2.49. The zero-order chi connectivity index (χ0) is 27.3. The number of nitrogens with zero attached hydrogens (tertiary/aromatic N) is 8. The summed E-state index contributed by atoms with van der Waals surface area (Å²) < 4.78 is 0. The predicted octanol–water partition coefficient (Wildman–Crippen LogP) is 4.02. The molecule has 6 rings (SSSR count). The van der Waals surface area contributed by atoms with E-state index in [-0.39, 0.29) is 16.7 Å². The van der Waals surface area contributed by atoms with Gasteiger partial charge in [0, 0.05) is 58.6 Å². The molecule has 0 atom stereocenters. The third-order valence-corrected chi connectivity index (χ3v) is 7.73. The SMILES string of the molecule is O=[N+]([O-])c1c(N2CCN(c3ccccn3)CC2)ncnc1N1CCN(C(c2ccccc2)c2ccccc2)CC1. The Labute approximate surface area is 233 Å². The van der Waals surface area contributed by atoms with E-state index in [0.29, 0.717) is 50.9 Å². The first-order chi connectivity index (χ1) is 19.7. The van der Waals surface area contributed by atoms with Gasteiger partial charge in [0.2, 0.25) is 11.6 Å². The standard InChI is InChI=1S/C30H32N8O2/c39-38(40)28-29(36-19-15-34(16-20-36)26-13-7-8-14-31-26)32-23-33-30(28)37-21-17-35(18-22-37)27(24-9-3-1-4-10-24)25-11-5-2-6-12-25/h1-14,23,27H,15-22H2. The number of hydrogen-bond donors (Lipinski definition) is 0. The molecule has 0 amide bonds. The first kappa shape index (κ1) is 25.7. The van der Waals surface area contributed by atoms with Gasteiger partial charge in [-0.2, -0.15) is 0 Å². The van der Waals surface area contributed by atoms with Crippen LogP contribution < -0.4 is 14.7 Å². The maximum absolute atomic E-state index is 12.4. The lowest BCUT2D eigenvalue weighted by molar-refractivity contribution is -0.383. The molecule has 0 radical (unpaired) electrons. The van der Waals surface area contributed by atoms with Gasteiger partial charge in [0.05, 0.1) is 11.0 Å². The van der Waals surface area contributed by atoms with Crippen LogP contribution in [0.1, 0.15) is 17.2 Å². The number of nitro groups is 1. The maximum atomic E-state index is 12.4. The molecule has 10 heteroatoms. The fraction of sp³-hybridized carbons (Fsp3) is 0.300. The van der Waals surface area contributed by atoms with Gasteiger partial charge in [0.1, 0.15) is 12.1 Å². The van der Waals surface area contributed by atoms with Gasteiger partial charge in [0.25, 0.3) is 0 Å². The summed E-state index contributed by atoms with van der Waals surface area (Å²) in [6.07, 6.45) is 3.25. The number of hydrogen-bond acceptors (Lipinski definition) is 9. The molecular formula is C30H32N8O2. The second-order valence-electron chi connectivity index (χ2n) is 10.0. The Morgan fingerprint density at radius 1 is 0.625 bits per heavy atom. The van der Waals surface area contributed by atoms with Gasteiger partial charge in [0.15, 0.2) is 0 Å². The van der Waals surface area contributed by atoms with E-state index in [9.17, 15) is 10.1 Å². The van der Waals surface area contributed by atoms with E-state index in [4.69, 9.17) is 0 Å². The highest BCUT2D eigenvalue weighted by Crippen LogP contribution is 2.36. The highest BCUT2D eigenvalue weighted by molar-refractivity contribution is 5.71. The average Bonchev–Trinajstić information content (AvgIpc) is 3.03. The number of pyridine rings is 1. The summed E-state index contributed by atoms with van der Waals surface area (Å²) in [5.41, 5.74) is 2.47. The van der Waals surface area contributed by atoms with Crippen molar-refractivity contribution < 1.29 is 4.92 Å². The Hall–Kier alpha value is -4.57. The van der Waals surface area contributed by atoms with Crippen molar-refractivity contribution in [3.8, 4) is 0 Å². The van der Waals surface area contributed by atoms with Gasteiger partial charge < -0.3 is 14.7 Å². The second-order valence-corrected chi connectivity index (χ2v) is 10.0. The van der Waals surface area contributed by atoms with E-state index < -0.39 is 0 Å². The summed E-state index contributed by atoms with van der Waals surface area (Å²) in [7, 11) is 0. The largest absolute Gasteiger partial charge is 0.353 e. The Morgan fingerprint density at radius 3 is 1.62 bits per heavy atom. The minimum Gasteiger partial charge on any atom is -0.353 e. The van der Waals surface area contributed by atoms with E-state index in [1.54, 1.807) is 6.20 Å². The van der Waals surface area contributed by atoms with Crippen molar-refractivity contribution in [1.82, 2.24) is 19.9 Å². The quantitative estimate of drug-likeness (QED) is 0.256. The fourth-order valence-corrected chi connectivity index (χ4v) is 5.75. The lowest BCUT2D eigenvalue weighted by Gasteiger charge is -2.40. The third kappa shape index (κ3) is 5.30. The summed E-state index contributed by atoms with van der Waals surface area (Å²) in [4.78, 5) is 34.0. The van der Waals surface area contributed by atoms with Gasteiger partial charge in [-0.15, -0.1) is 0 Å².